The molecule has 3 aromatic rings. The molecule has 0 spiro atoms. The number of anilines is 1. The van der Waals surface area contributed by atoms with Gasteiger partial charge in [-0.05, 0) is 63.8 Å². The zero-order chi connectivity index (χ0) is 26.8. The molecule has 0 unspecified atom stereocenters. The highest BCUT2D eigenvalue weighted by molar-refractivity contribution is 7.12. The summed E-state index contributed by atoms with van der Waals surface area (Å²) in [6.07, 6.45) is 6.85. The molecule has 2 saturated heterocycles. The van der Waals surface area contributed by atoms with Gasteiger partial charge in [-0.25, -0.2) is 15.0 Å². The molecular formula is C28H32ClN5O3S. The number of carbonyl (C=O) groups excluding carboxylic acids is 1. The molecule has 4 heterocycles. The van der Waals surface area contributed by atoms with Crippen LogP contribution in [0.3, 0.4) is 0 Å². The average molecular weight is 554 g/mol. The number of benzene rings is 1. The number of piperidine rings is 1. The Morgan fingerprint density at radius 3 is 2.55 bits per heavy atom. The summed E-state index contributed by atoms with van der Waals surface area (Å²) in [6.45, 7) is 7.37. The van der Waals surface area contributed by atoms with Crippen molar-refractivity contribution in [2.45, 2.75) is 58.5 Å². The van der Waals surface area contributed by atoms with Crippen LogP contribution in [0.2, 0.25) is 5.02 Å². The number of ketones is 1. The highest BCUT2D eigenvalue weighted by Gasteiger charge is 2.26. The van der Waals surface area contributed by atoms with Crippen LogP contribution in [0.4, 0.5) is 5.82 Å². The standard InChI is InChI=1S/C28H32ClN5O3S/c1-17-12-20(5-6-21(17)29)27-24(16-34-9-3-4-18(34)2)38-26(32-27)13-23(35)22-14-31-25(15-30-22)33-10-7-19(8-11-33)28(36)37/h5-6,12,14-15,18-19H,3-4,7-11,13,16H2,1-2H3,(H,36,37)/t18-/m1/s1. The molecule has 38 heavy (non-hydrogen) atoms. The molecule has 5 rings (SSSR count). The van der Waals surface area contributed by atoms with Crippen molar-refractivity contribution in [1.82, 2.24) is 19.9 Å². The summed E-state index contributed by atoms with van der Waals surface area (Å²) in [5.41, 5.74) is 3.24. The van der Waals surface area contributed by atoms with E-state index in [1.54, 1.807) is 17.5 Å². The molecule has 1 N–H and O–H groups in total. The molecule has 1 aromatic carbocycles. The molecular weight excluding hydrogens is 522 g/mol. The third-order valence-corrected chi connectivity index (χ3v) is 9.08. The molecule has 200 valence electrons. The Labute approximate surface area is 231 Å². The molecule has 0 saturated carbocycles. The second kappa shape index (κ2) is 11.5. The van der Waals surface area contributed by atoms with Crippen LogP contribution in [0, 0.1) is 12.8 Å². The zero-order valence-electron chi connectivity index (χ0n) is 21.7. The molecule has 0 radical (unpaired) electrons. The first kappa shape index (κ1) is 26.7. The SMILES string of the molecule is Cc1cc(-c2nc(CC(=O)c3cnc(N4CCC(C(=O)O)CC4)cn3)sc2CN2CCC[C@H]2C)ccc1Cl. The fourth-order valence-corrected chi connectivity index (χ4v) is 6.46. The lowest BCUT2D eigenvalue weighted by molar-refractivity contribution is -0.142. The smallest absolute Gasteiger partial charge is 0.306 e. The highest BCUT2D eigenvalue weighted by Crippen LogP contribution is 2.34. The summed E-state index contributed by atoms with van der Waals surface area (Å²) in [5.74, 6) is -0.505. The van der Waals surface area contributed by atoms with Crippen molar-refractivity contribution in [3.05, 3.63) is 56.8 Å². The molecule has 2 aromatic heterocycles. The van der Waals surface area contributed by atoms with Crippen LogP contribution >= 0.6 is 22.9 Å². The second-order valence-electron chi connectivity index (χ2n) is 10.3. The molecule has 2 aliphatic heterocycles. The third-order valence-electron chi connectivity index (χ3n) is 7.61. The van der Waals surface area contributed by atoms with Gasteiger partial charge in [0, 0.05) is 41.1 Å². The van der Waals surface area contributed by atoms with Crippen LogP contribution in [0.25, 0.3) is 11.3 Å². The van der Waals surface area contributed by atoms with Gasteiger partial charge in [-0.2, -0.15) is 0 Å². The number of carboxylic acid groups (broad SMARTS) is 1. The molecule has 10 heteroatoms. The number of aryl methyl sites for hydroxylation is 1. The highest BCUT2D eigenvalue weighted by atomic mass is 35.5. The minimum absolute atomic E-state index is 0.123. The lowest BCUT2D eigenvalue weighted by Crippen LogP contribution is -2.36. The van der Waals surface area contributed by atoms with E-state index in [0.29, 0.717) is 43.5 Å². The first-order chi connectivity index (χ1) is 18.3. The van der Waals surface area contributed by atoms with E-state index in [1.165, 1.54) is 19.0 Å². The van der Waals surface area contributed by atoms with Gasteiger partial charge in [-0.15, -0.1) is 11.3 Å². The van der Waals surface area contributed by atoms with Gasteiger partial charge in [0.2, 0.25) is 0 Å². The molecule has 8 nitrogen and oxygen atoms in total. The Morgan fingerprint density at radius 2 is 1.92 bits per heavy atom. The largest absolute Gasteiger partial charge is 0.481 e. The summed E-state index contributed by atoms with van der Waals surface area (Å²) in [7, 11) is 0. The van der Waals surface area contributed by atoms with Gasteiger partial charge < -0.3 is 10.0 Å². The van der Waals surface area contributed by atoms with Gasteiger partial charge in [-0.3, -0.25) is 14.5 Å². The maximum atomic E-state index is 13.1. The molecule has 0 aliphatic carbocycles. The number of hydrogen-bond donors (Lipinski definition) is 1. The Hall–Kier alpha value is -2.88. The number of Topliss-reactive ketones (excluding diaryl/α,β-unsaturated/α-hetero) is 1. The lowest BCUT2D eigenvalue weighted by atomic mass is 9.97. The molecule has 0 amide bonds. The average Bonchev–Trinajstić information content (AvgIpc) is 3.51. The van der Waals surface area contributed by atoms with E-state index in [-0.39, 0.29) is 18.1 Å². The van der Waals surface area contributed by atoms with E-state index in [0.717, 1.165) is 44.8 Å². The first-order valence-corrected chi connectivity index (χ1v) is 14.3. The van der Waals surface area contributed by atoms with Crippen LogP contribution in [0.5, 0.6) is 0 Å². The van der Waals surface area contributed by atoms with Crippen molar-refractivity contribution in [2.24, 2.45) is 5.92 Å². The predicted octanol–water partition coefficient (Wildman–Crippen LogP) is 5.27. The number of halogens is 1. The number of thiazole rings is 1. The quantitative estimate of drug-likeness (QED) is 0.376. The number of carbonyl (C=O) groups is 2. The van der Waals surface area contributed by atoms with Crippen LogP contribution in [-0.2, 0) is 17.8 Å². The molecule has 2 aliphatic rings. The van der Waals surface area contributed by atoms with Crippen LogP contribution < -0.4 is 4.90 Å². The zero-order valence-corrected chi connectivity index (χ0v) is 23.3. The first-order valence-electron chi connectivity index (χ1n) is 13.1. The van der Waals surface area contributed by atoms with Gasteiger partial charge in [0.1, 0.15) is 16.5 Å². The predicted molar refractivity (Wildman–Crippen MR) is 149 cm³/mol. The van der Waals surface area contributed by atoms with Gasteiger partial charge in [-0.1, -0.05) is 17.7 Å². The minimum Gasteiger partial charge on any atom is -0.481 e. The normalized spacial score (nSPS) is 18.7. The lowest BCUT2D eigenvalue weighted by Gasteiger charge is -2.30. The fourth-order valence-electron chi connectivity index (χ4n) is 5.22. The topological polar surface area (TPSA) is 99.5 Å². The van der Waals surface area contributed by atoms with Gasteiger partial charge in [0.15, 0.2) is 5.78 Å². The van der Waals surface area contributed by atoms with Crippen LogP contribution in [0.15, 0.2) is 30.6 Å². The molecule has 0 bridgehead atoms. The van der Waals surface area contributed by atoms with Crippen LogP contribution in [-0.4, -0.2) is 62.4 Å². The maximum Gasteiger partial charge on any atom is 0.306 e. The Balaban J connectivity index is 1.32. The number of rotatable bonds is 8. The van der Waals surface area contributed by atoms with E-state index >= 15 is 0 Å². The summed E-state index contributed by atoms with van der Waals surface area (Å²) < 4.78 is 0. The summed E-state index contributed by atoms with van der Waals surface area (Å²) >= 11 is 7.87. The monoisotopic (exact) mass is 553 g/mol. The van der Waals surface area contributed by atoms with Crippen molar-refractivity contribution >= 4 is 40.5 Å². The van der Waals surface area contributed by atoms with E-state index in [9.17, 15) is 14.7 Å². The van der Waals surface area contributed by atoms with Crippen molar-refractivity contribution in [3.63, 3.8) is 0 Å². The van der Waals surface area contributed by atoms with E-state index in [2.05, 4.69) is 27.9 Å². The van der Waals surface area contributed by atoms with Gasteiger partial charge >= 0.3 is 5.97 Å². The van der Waals surface area contributed by atoms with E-state index in [1.807, 2.05) is 24.0 Å². The van der Waals surface area contributed by atoms with E-state index in [4.69, 9.17) is 16.6 Å². The number of aliphatic carboxylic acids is 1. The number of nitrogens with zero attached hydrogens (tertiary/aromatic N) is 5. The van der Waals surface area contributed by atoms with Crippen molar-refractivity contribution in [2.75, 3.05) is 24.5 Å². The number of aromatic nitrogens is 3. The number of likely N-dealkylation sites (tertiary alicyclic amines) is 1. The minimum atomic E-state index is -0.744. The van der Waals surface area contributed by atoms with Crippen LogP contribution in [0.1, 0.15) is 58.5 Å². The summed E-state index contributed by atoms with van der Waals surface area (Å²) in [4.78, 5) is 43.8. The van der Waals surface area contributed by atoms with Crippen molar-refractivity contribution in [3.8, 4) is 11.3 Å². The van der Waals surface area contributed by atoms with Gasteiger partial charge in [0.25, 0.3) is 0 Å². The maximum absolute atomic E-state index is 13.1. The summed E-state index contributed by atoms with van der Waals surface area (Å²) in [6, 6.07) is 6.49. The number of carboxylic acids is 1. The molecule has 2 fully saturated rings. The second-order valence-corrected chi connectivity index (χ2v) is 11.8. The Bertz CT molecular complexity index is 1320. The molecule has 1 atom stereocenters. The van der Waals surface area contributed by atoms with E-state index < -0.39 is 5.97 Å². The fraction of sp³-hybridized carbons (Fsp3) is 0.464. The number of hydrogen-bond acceptors (Lipinski definition) is 8. The summed E-state index contributed by atoms with van der Waals surface area (Å²) in [5, 5.41) is 10.7. The third kappa shape index (κ3) is 5.90. The Morgan fingerprint density at radius 1 is 1.13 bits per heavy atom. The van der Waals surface area contributed by atoms with Crippen molar-refractivity contribution in [1.29, 1.82) is 0 Å². The van der Waals surface area contributed by atoms with Gasteiger partial charge in [0.05, 0.1) is 30.4 Å². The van der Waals surface area contributed by atoms with Crippen molar-refractivity contribution < 1.29 is 14.7 Å². The Kier molecular flexibility index (Phi) is 8.07.